The molecule has 0 amide bonds. The Labute approximate surface area is 124 Å². The van der Waals surface area contributed by atoms with E-state index in [0.717, 1.165) is 5.56 Å². The van der Waals surface area contributed by atoms with E-state index in [9.17, 15) is 8.42 Å². The second-order valence-electron chi connectivity index (χ2n) is 4.95. The summed E-state index contributed by atoms with van der Waals surface area (Å²) in [5.74, 6) is 0. The second kappa shape index (κ2) is 5.19. The van der Waals surface area contributed by atoms with Crippen LogP contribution in [0.5, 0.6) is 0 Å². The number of rotatable bonds is 2. The van der Waals surface area contributed by atoms with Gasteiger partial charge in [0, 0.05) is 16.3 Å². The van der Waals surface area contributed by atoms with Crippen molar-refractivity contribution in [3.05, 3.63) is 51.7 Å². The van der Waals surface area contributed by atoms with Gasteiger partial charge in [0.05, 0.1) is 4.90 Å². The predicted molar refractivity (Wildman–Crippen MR) is 80.1 cm³/mol. The zero-order valence-electron chi connectivity index (χ0n) is 11.9. The van der Waals surface area contributed by atoms with E-state index < -0.39 is 9.84 Å². The molecule has 0 spiro atoms. The van der Waals surface area contributed by atoms with Crippen LogP contribution in [0.2, 0.25) is 5.02 Å². The Balaban J connectivity index is 2.73. The van der Waals surface area contributed by atoms with Crippen molar-refractivity contribution in [2.45, 2.75) is 37.6 Å². The largest absolute Gasteiger partial charge is 0.241 e. The molecule has 0 aliphatic heterocycles. The fourth-order valence-corrected chi connectivity index (χ4v) is 4.16. The van der Waals surface area contributed by atoms with Crippen LogP contribution in [0.15, 0.2) is 34.2 Å². The van der Waals surface area contributed by atoms with E-state index in [4.69, 9.17) is 11.6 Å². The molecule has 20 heavy (non-hydrogen) atoms. The van der Waals surface area contributed by atoms with Gasteiger partial charge in [0.25, 0.3) is 0 Å². The predicted octanol–water partition coefficient (Wildman–Crippen LogP) is 3.80. The first-order chi connectivity index (χ1) is 9.23. The van der Waals surface area contributed by atoms with Crippen molar-refractivity contribution < 1.29 is 8.42 Å². The Morgan fingerprint density at radius 3 is 2.30 bits per heavy atom. The topological polar surface area (TPSA) is 47.0 Å². The first kappa shape index (κ1) is 15.0. The van der Waals surface area contributed by atoms with Gasteiger partial charge in [-0.25, -0.2) is 13.4 Å². The third-order valence-electron chi connectivity index (χ3n) is 3.17. The number of aromatic nitrogens is 1. The Bertz CT molecular complexity index is 783. The van der Waals surface area contributed by atoms with Crippen LogP contribution in [0.3, 0.4) is 0 Å². The zero-order chi connectivity index (χ0) is 15.1. The Morgan fingerprint density at radius 2 is 1.70 bits per heavy atom. The van der Waals surface area contributed by atoms with E-state index in [1.165, 1.54) is 0 Å². The number of nitrogens with zero attached hydrogens (tertiary/aromatic N) is 1. The summed E-state index contributed by atoms with van der Waals surface area (Å²) in [5.41, 5.74) is 2.80. The summed E-state index contributed by atoms with van der Waals surface area (Å²) in [7, 11) is -3.66. The lowest BCUT2D eigenvalue weighted by molar-refractivity contribution is 0.590. The minimum Gasteiger partial charge on any atom is -0.241 e. The standard InChI is InChI=1S/C15H16ClNO2S/c1-9-5-6-14(10(2)7-9)20(18,19)15-12(4)13(16)8-11(3)17-15/h5-8H,1-4H3. The van der Waals surface area contributed by atoms with Crippen molar-refractivity contribution in [2.75, 3.05) is 0 Å². The lowest BCUT2D eigenvalue weighted by Crippen LogP contribution is -2.09. The fourth-order valence-electron chi connectivity index (χ4n) is 2.14. The molecule has 0 radical (unpaired) electrons. The van der Waals surface area contributed by atoms with Crippen LogP contribution in [0.4, 0.5) is 0 Å². The molecule has 0 aliphatic carbocycles. The molecule has 0 saturated heterocycles. The average molecular weight is 310 g/mol. The zero-order valence-corrected chi connectivity index (χ0v) is 13.4. The van der Waals surface area contributed by atoms with Crippen LogP contribution < -0.4 is 0 Å². The maximum absolute atomic E-state index is 12.8. The molecular weight excluding hydrogens is 294 g/mol. The van der Waals surface area contributed by atoms with Crippen molar-refractivity contribution in [3.8, 4) is 0 Å². The monoisotopic (exact) mass is 309 g/mol. The lowest BCUT2D eigenvalue weighted by atomic mass is 10.2. The molecule has 106 valence electrons. The van der Waals surface area contributed by atoms with Crippen LogP contribution >= 0.6 is 11.6 Å². The maximum atomic E-state index is 12.8. The Kier molecular flexibility index (Phi) is 3.89. The average Bonchev–Trinajstić information content (AvgIpc) is 2.33. The van der Waals surface area contributed by atoms with Crippen molar-refractivity contribution in [2.24, 2.45) is 0 Å². The number of sulfone groups is 1. The van der Waals surface area contributed by atoms with Crippen molar-refractivity contribution in [1.29, 1.82) is 0 Å². The quantitative estimate of drug-likeness (QED) is 0.847. The SMILES string of the molecule is Cc1ccc(S(=O)(=O)c2nc(C)cc(Cl)c2C)c(C)c1. The summed E-state index contributed by atoms with van der Waals surface area (Å²) in [6.45, 7) is 7.11. The van der Waals surface area contributed by atoms with E-state index in [1.807, 2.05) is 13.0 Å². The molecule has 5 heteroatoms. The number of halogens is 1. The summed E-state index contributed by atoms with van der Waals surface area (Å²) >= 11 is 6.07. The Morgan fingerprint density at radius 1 is 1.05 bits per heavy atom. The van der Waals surface area contributed by atoms with E-state index in [0.29, 0.717) is 21.8 Å². The molecule has 2 aromatic rings. The molecule has 0 aliphatic rings. The summed E-state index contributed by atoms with van der Waals surface area (Å²) < 4.78 is 25.5. The van der Waals surface area contributed by atoms with Gasteiger partial charge in [-0.05, 0) is 45.4 Å². The number of benzene rings is 1. The van der Waals surface area contributed by atoms with Gasteiger partial charge >= 0.3 is 0 Å². The van der Waals surface area contributed by atoms with Crippen LogP contribution in [0.25, 0.3) is 0 Å². The highest BCUT2D eigenvalue weighted by molar-refractivity contribution is 7.91. The van der Waals surface area contributed by atoms with Crippen LogP contribution in [0.1, 0.15) is 22.4 Å². The summed E-state index contributed by atoms with van der Waals surface area (Å²) in [6.07, 6.45) is 0. The third kappa shape index (κ3) is 2.58. The molecule has 1 aromatic carbocycles. The molecule has 1 heterocycles. The van der Waals surface area contributed by atoms with Crippen LogP contribution in [-0.2, 0) is 9.84 Å². The molecule has 0 unspecified atom stereocenters. The van der Waals surface area contributed by atoms with E-state index in [1.54, 1.807) is 39.0 Å². The van der Waals surface area contributed by atoms with Gasteiger partial charge in [-0.2, -0.15) is 0 Å². The molecular formula is C15H16ClNO2S. The first-order valence-electron chi connectivity index (χ1n) is 6.19. The summed E-state index contributed by atoms with van der Waals surface area (Å²) in [6, 6.07) is 6.92. The molecule has 0 saturated carbocycles. The lowest BCUT2D eigenvalue weighted by Gasteiger charge is -2.11. The van der Waals surface area contributed by atoms with Gasteiger partial charge < -0.3 is 0 Å². The van der Waals surface area contributed by atoms with Crippen molar-refractivity contribution in [3.63, 3.8) is 0 Å². The van der Waals surface area contributed by atoms with Gasteiger partial charge in [-0.15, -0.1) is 0 Å². The maximum Gasteiger partial charge on any atom is 0.224 e. The minimum atomic E-state index is -3.66. The number of aryl methyl sites for hydroxylation is 3. The summed E-state index contributed by atoms with van der Waals surface area (Å²) in [5, 5.41) is 0.454. The van der Waals surface area contributed by atoms with Crippen LogP contribution in [-0.4, -0.2) is 13.4 Å². The van der Waals surface area contributed by atoms with E-state index in [2.05, 4.69) is 4.98 Å². The molecule has 0 atom stereocenters. The Hall–Kier alpha value is -1.39. The molecule has 2 rings (SSSR count). The van der Waals surface area contributed by atoms with Gasteiger partial charge in [-0.3, -0.25) is 0 Å². The highest BCUT2D eigenvalue weighted by Gasteiger charge is 2.25. The second-order valence-corrected chi connectivity index (χ2v) is 7.19. The highest BCUT2D eigenvalue weighted by atomic mass is 35.5. The summed E-state index contributed by atoms with van der Waals surface area (Å²) in [4.78, 5) is 4.45. The molecule has 0 fully saturated rings. The van der Waals surface area contributed by atoms with Crippen molar-refractivity contribution in [1.82, 2.24) is 4.98 Å². The van der Waals surface area contributed by atoms with Gasteiger partial charge in [-0.1, -0.05) is 29.3 Å². The van der Waals surface area contributed by atoms with E-state index in [-0.39, 0.29) is 9.92 Å². The number of hydrogen-bond donors (Lipinski definition) is 0. The normalized spacial score (nSPS) is 11.7. The highest BCUT2D eigenvalue weighted by Crippen LogP contribution is 2.29. The third-order valence-corrected chi connectivity index (χ3v) is 5.50. The van der Waals surface area contributed by atoms with Gasteiger partial charge in [0.1, 0.15) is 0 Å². The molecule has 0 bridgehead atoms. The smallest absolute Gasteiger partial charge is 0.224 e. The fraction of sp³-hybridized carbons (Fsp3) is 0.267. The number of pyridine rings is 1. The van der Waals surface area contributed by atoms with Crippen LogP contribution in [0, 0.1) is 27.7 Å². The molecule has 1 aromatic heterocycles. The van der Waals surface area contributed by atoms with Crippen molar-refractivity contribution >= 4 is 21.4 Å². The first-order valence-corrected chi connectivity index (χ1v) is 8.05. The molecule has 3 nitrogen and oxygen atoms in total. The molecule has 0 N–H and O–H groups in total. The van der Waals surface area contributed by atoms with Gasteiger partial charge in [0.2, 0.25) is 9.84 Å². The van der Waals surface area contributed by atoms with Gasteiger partial charge in [0.15, 0.2) is 5.03 Å². The number of hydrogen-bond acceptors (Lipinski definition) is 3. The minimum absolute atomic E-state index is 0.0365. The van der Waals surface area contributed by atoms with E-state index >= 15 is 0 Å².